The molecule has 0 bridgehead atoms. The predicted molar refractivity (Wildman–Crippen MR) is 94.4 cm³/mol. The highest BCUT2D eigenvalue weighted by Crippen LogP contribution is 2.46. The van der Waals surface area contributed by atoms with Gasteiger partial charge in [-0.15, -0.1) is 0 Å². The molecule has 3 nitrogen and oxygen atoms in total. The normalized spacial score (nSPS) is 16.9. The molecule has 1 N–H and O–H groups in total. The molecule has 5 heteroatoms. The van der Waals surface area contributed by atoms with Gasteiger partial charge in [0.1, 0.15) is 0 Å². The van der Waals surface area contributed by atoms with E-state index in [1.54, 1.807) is 11.8 Å². The first-order chi connectivity index (χ1) is 10.8. The summed E-state index contributed by atoms with van der Waals surface area (Å²) in [4.78, 5) is 9.51. The van der Waals surface area contributed by atoms with Gasteiger partial charge in [-0.25, -0.2) is 0 Å². The molecule has 0 amide bonds. The lowest BCUT2D eigenvalue weighted by molar-refractivity contribution is 0.587. The van der Waals surface area contributed by atoms with Gasteiger partial charge in [0.2, 0.25) is 0 Å². The summed E-state index contributed by atoms with van der Waals surface area (Å²) in [5.74, 6) is 0. The van der Waals surface area contributed by atoms with E-state index in [2.05, 4.69) is 39.5 Å². The minimum absolute atomic E-state index is 0.746. The van der Waals surface area contributed by atoms with Crippen LogP contribution in [0.5, 0.6) is 0 Å². The van der Waals surface area contributed by atoms with E-state index < -0.39 is 0 Å². The zero-order chi connectivity index (χ0) is 14.9. The van der Waals surface area contributed by atoms with Crippen LogP contribution in [0.1, 0.15) is 5.56 Å². The van der Waals surface area contributed by atoms with Crippen molar-refractivity contribution >= 4 is 41.0 Å². The fourth-order valence-corrected chi connectivity index (χ4v) is 4.16. The van der Waals surface area contributed by atoms with Crippen molar-refractivity contribution in [2.24, 2.45) is 4.99 Å². The molecular weight excluding hydrogens is 314 g/mol. The third-order valence-corrected chi connectivity index (χ3v) is 5.38. The SMILES string of the molecule is Clc1cc2c(c(N3CCNCC3)c1)Sc1ccccc1C=N2. The number of halogens is 1. The largest absolute Gasteiger partial charge is 0.368 e. The predicted octanol–water partition coefficient (Wildman–Crippen LogP) is 3.96. The number of piperazine rings is 1. The summed E-state index contributed by atoms with van der Waals surface area (Å²) in [6.45, 7) is 4.01. The zero-order valence-corrected chi connectivity index (χ0v) is 13.6. The number of nitrogens with zero attached hydrogens (tertiary/aromatic N) is 2. The van der Waals surface area contributed by atoms with Gasteiger partial charge in [0.05, 0.1) is 16.3 Å². The summed E-state index contributed by atoms with van der Waals surface area (Å²) in [7, 11) is 0. The lowest BCUT2D eigenvalue weighted by atomic mass is 10.2. The third-order valence-electron chi connectivity index (χ3n) is 3.95. The fraction of sp³-hybridized carbons (Fsp3) is 0.235. The summed E-state index contributed by atoms with van der Waals surface area (Å²) in [5.41, 5.74) is 3.32. The van der Waals surface area contributed by atoms with Crippen LogP contribution >= 0.6 is 23.4 Å². The lowest BCUT2D eigenvalue weighted by Gasteiger charge is -2.31. The van der Waals surface area contributed by atoms with Crippen molar-refractivity contribution in [1.82, 2.24) is 5.32 Å². The summed E-state index contributed by atoms with van der Waals surface area (Å²) in [5, 5.41) is 4.14. The van der Waals surface area contributed by atoms with Crippen molar-refractivity contribution < 1.29 is 0 Å². The lowest BCUT2D eigenvalue weighted by Crippen LogP contribution is -2.43. The molecule has 0 saturated carbocycles. The standard InChI is InChI=1S/C17H16ClN3S/c18-13-9-14-17(15(10-13)21-7-5-19-6-8-21)22-16-4-2-1-3-12(16)11-20-14/h1-4,9-11,19H,5-8H2. The zero-order valence-electron chi connectivity index (χ0n) is 12.1. The van der Waals surface area contributed by atoms with Gasteiger partial charge in [0, 0.05) is 47.9 Å². The number of aliphatic imine (C=N–C) groups is 1. The Morgan fingerprint density at radius 2 is 1.95 bits per heavy atom. The molecule has 2 aromatic carbocycles. The van der Waals surface area contributed by atoms with Crippen molar-refractivity contribution in [2.75, 3.05) is 31.1 Å². The number of rotatable bonds is 1. The van der Waals surface area contributed by atoms with Crippen molar-refractivity contribution in [3.63, 3.8) is 0 Å². The van der Waals surface area contributed by atoms with Crippen LogP contribution in [-0.2, 0) is 0 Å². The summed E-state index contributed by atoms with van der Waals surface area (Å²) in [6, 6.07) is 12.4. The van der Waals surface area contributed by atoms with Crippen LogP contribution in [0.2, 0.25) is 5.02 Å². The Morgan fingerprint density at radius 3 is 2.82 bits per heavy atom. The minimum Gasteiger partial charge on any atom is -0.368 e. The molecule has 2 heterocycles. The average molecular weight is 330 g/mol. The molecule has 4 rings (SSSR count). The number of hydrogen-bond donors (Lipinski definition) is 1. The molecular formula is C17H16ClN3S. The molecule has 112 valence electrons. The molecule has 2 aliphatic rings. The molecule has 0 spiro atoms. The van der Waals surface area contributed by atoms with E-state index in [1.165, 1.54) is 15.5 Å². The van der Waals surface area contributed by atoms with Crippen LogP contribution in [0.15, 0.2) is 51.2 Å². The topological polar surface area (TPSA) is 27.6 Å². The van der Waals surface area contributed by atoms with E-state index in [0.29, 0.717) is 0 Å². The Morgan fingerprint density at radius 1 is 1.14 bits per heavy atom. The van der Waals surface area contributed by atoms with Crippen molar-refractivity contribution in [3.8, 4) is 0 Å². The van der Waals surface area contributed by atoms with E-state index in [4.69, 9.17) is 11.6 Å². The maximum atomic E-state index is 6.34. The Kier molecular flexibility index (Phi) is 3.82. The molecule has 1 fully saturated rings. The highest BCUT2D eigenvalue weighted by molar-refractivity contribution is 7.99. The first kappa shape index (κ1) is 14.1. The number of benzene rings is 2. The smallest absolute Gasteiger partial charge is 0.0805 e. The second-order valence-electron chi connectivity index (χ2n) is 5.41. The van der Waals surface area contributed by atoms with Gasteiger partial charge >= 0.3 is 0 Å². The van der Waals surface area contributed by atoms with Gasteiger partial charge in [-0.05, 0) is 18.2 Å². The van der Waals surface area contributed by atoms with E-state index >= 15 is 0 Å². The van der Waals surface area contributed by atoms with Gasteiger partial charge in [0.25, 0.3) is 0 Å². The van der Waals surface area contributed by atoms with E-state index in [-0.39, 0.29) is 0 Å². The minimum atomic E-state index is 0.746. The van der Waals surface area contributed by atoms with Crippen molar-refractivity contribution in [3.05, 3.63) is 47.0 Å². The maximum absolute atomic E-state index is 6.34. The van der Waals surface area contributed by atoms with Crippen LogP contribution in [-0.4, -0.2) is 32.4 Å². The second kappa shape index (κ2) is 5.95. The summed E-state index contributed by atoms with van der Waals surface area (Å²) >= 11 is 8.13. The van der Waals surface area contributed by atoms with Gasteiger partial charge in [0.15, 0.2) is 0 Å². The van der Waals surface area contributed by atoms with Crippen molar-refractivity contribution in [2.45, 2.75) is 9.79 Å². The Bertz CT molecular complexity index is 739. The fourth-order valence-electron chi connectivity index (χ4n) is 2.84. The number of nitrogens with one attached hydrogen (secondary N) is 1. The van der Waals surface area contributed by atoms with Crippen LogP contribution in [0.3, 0.4) is 0 Å². The molecule has 0 aliphatic carbocycles. The Hall–Kier alpha value is -1.49. The van der Waals surface area contributed by atoms with E-state index in [9.17, 15) is 0 Å². The first-order valence-corrected chi connectivity index (χ1v) is 8.61. The van der Waals surface area contributed by atoms with Crippen LogP contribution < -0.4 is 10.2 Å². The molecule has 0 atom stereocenters. The number of hydrogen-bond acceptors (Lipinski definition) is 4. The molecule has 22 heavy (non-hydrogen) atoms. The second-order valence-corrected chi connectivity index (χ2v) is 6.90. The van der Waals surface area contributed by atoms with Gasteiger partial charge in [-0.3, -0.25) is 4.99 Å². The van der Waals surface area contributed by atoms with Crippen LogP contribution in [0.25, 0.3) is 0 Å². The average Bonchev–Trinajstić information content (AvgIpc) is 2.74. The first-order valence-electron chi connectivity index (χ1n) is 7.41. The molecule has 1 saturated heterocycles. The molecule has 2 aliphatic heterocycles. The summed E-state index contributed by atoms with van der Waals surface area (Å²) < 4.78 is 0. The maximum Gasteiger partial charge on any atom is 0.0805 e. The third kappa shape index (κ3) is 2.62. The van der Waals surface area contributed by atoms with E-state index in [0.717, 1.165) is 42.5 Å². The number of anilines is 1. The van der Waals surface area contributed by atoms with Gasteiger partial charge in [-0.1, -0.05) is 41.6 Å². The molecule has 0 radical (unpaired) electrons. The molecule has 0 unspecified atom stereocenters. The van der Waals surface area contributed by atoms with E-state index in [1.807, 2.05) is 18.3 Å². The Labute approximate surface area is 139 Å². The van der Waals surface area contributed by atoms with Crippen LogP contribution in [0, 0.1) is 0 Å². The highest BCUT2D eigenvalue weighted by atomic mass is 35.5. The van der Waals surface area contributed by atoms with Crippen LogP contribution in [0.4, 0.5) is 11.4 Å². The highest BCUT2D eigenvalue weighted by Gasteiger charge is 2.21. The molecule has 2 aromatic rings. The van der Waals surface area contributed by atoms with Gasteiger partial charge < -0.3 is 10.2 Å². The van der Waals surface area contributed by atoms with Crippen molar-refractivity contribution in [1.29, 1.82) is 0 Å². The quantitative estimate of drug-likeness (QED) is 0.732. The van der Waals surface area contributed by atoms with Gasteiger partial charge in [-0.2, -0.15) is 0 Å². The summed E-state index contributed by atoms with van der Waals surface area (Å²) in [6.07, 6.45) is 1.94. The molecule has 0 aromatic heterocycles. The number of fused-ring (bicyclic) bond motifs is 2. The Balaban J connectivity index is 1.83. The monoisotopic (exact) mass is 329 g/mol.